The van der Waals surface area contributed by atoms with E-state index in [-0.39, 0.29) is 4.75 Å². The largest absolute Gasteiger partial charge is 0.496 e. The first-order valence-electron chi connectivity index (χ1n) is 6.39. The molecule has 0 amide bonds. The number of benzene rings is 1. The van der Waals surface area contributed by atoms with E-state index in [4.69, 9.17) is 4.74 Å². The summed E-state index contributed by atoms with van der Waals surface area (Å²) in [6, 6.07) is 8.69. The number of rotatable bonds is 7. The third-order valence-corrected chi connectivity index (χ3v) is 4.40. The number of ether oxygens (including phenoxy) is 1. The van der Waals surface area contributed by atoms with Gasteiger partial charge in [-0.15, -0.1) is 0 Å². The van der Waals surface area contributed by atoms with E-state index < -0.39 is 0 Å². The average molecular weight is 267 g/mol. The SMILES string of the molecule is COc1ccccc1CC(C)NCC(C)(C)SC. The van der Waals surface area contributed by atoms with Crippen LogP contribution in [0.4, 0.5) is 0 Å². The van der Waals surface area contributed by atoms with Crippen molar-refractivity contribution >= 4 is 11.8 Å². The van der Waals surface area contributed by atoms with Crippen molar-refractivity contribution in [3.63, 3.8) is 0 Å². The van der Waals surface area contributed by atoms with Crippen molar-refractivity contribution in [2.75, 3.05) is 19.9 Å². The molecule has 2 nitrogen and oxygen atoms in total. The summed E-state index contributed by atoms with van der Waals surface area (Å²) in [5, 5.41) is 3.60. The van der Waals surface area contributed by atoms with Gasteiger partial charge in [-0.1, -0.05) is 18.2 Å². The first-order chi connectivity index (χ1) is 8.48. The summed E-state index contributed by atoms with van der Waals surface area (Å²) < 4.78 is 5.67. The van der Waals surface area contributed by atoms with Gasteiger partial charge in [0.05, 0.1) is 7.11 Å². The highest BCUT2D eigenvalue weighted by molar-refractivity contribution is 7.99. The molecule has 102 valence electrons. The summed E-state index contributed by atoms with van der Waals surface area (Å²) in [4.78, 5) is 0. The Morgan fingerprint density at radius 2 is 2.00 bits per heavy atom. The fourth-order valence-electron chi connectivity index (χ4n) is 1.77. The summed E-state index contributed by atoms with van der Waals surface area (Å²) in [5.74, 6) is 0.982. The highest BCUT2D eigenvalue weighted by atomic mass is 32.2. The van der Waals surface area contributed by atoms with Crippen LogP contribution in [0.3, 0.4) is 0 Å². The van der Waals surface area contributed by atoms with Crippen molar-refractivity contribution in [3.8, 4) is 5.75 Å². The summed E-state index contributed by atoms with van der Waals surface area (Å²) in [7, 11) is 1.73. The number of nitrogens with one attached hydrogen (secondary N) is 1. The first kappa shape index (κ1) is 15.4. The van der Waals surface area contributed by atoms with Crippen molar-refractivity contribution in [2.24, 2.45) is 0 Å². The Morgan fingerprint density at radius 1 is 1.33 bits per heavy atom. The van der Waals surface area contributed by atoms with Crippen LogP contribution >= 0.6 is 11.8 Å². The minimum absolute atomic E-state index is 0.287. The van der Waals surface area contributed by atoms with E-state index in [1.807, 2.05) is 23.9 Å². The molecule has 3 heteroatoms. The van der Waals surface area contributed by atoms with Crippen LogP contribution in [0.5, 0.6) is 5.75 Å². The molecule has 0 aromatic heterocycles. The fourth-order valence-corrected chi connectivity index (χ4v) is 1.99. The van der Waals surface area contributed by atoms with Crippen LogP contribution in [0.25, 0.3) is 0 Å². The molecule has 1 atom stereocenters. The molecule has 0 aliphatic carbocycles. The third-order valence-electron chi connectivity index (χ3n) is 3.15. The number of hydrogen-bond acceptors (Lipinski definition) is 3. The standard InChI is InChI=1S/C15H25NOS/c1-12(16-11-15(2,3)18-5)10-13-8-6-7-9-14(13)17-4/h6-9,12,16H,10-11H2,1-5H3. The lowest BCUT2D eigenvalue weighted by Crippen LogP contribution is -2.38. The number of hydrogen-bond donors (Lipinski definition) is 1. The van der Waals surface area contributed by atoms with Crippen molar-refractivity contribution in [3.05, 3.63) is 29.8 Å². The molecule has 0 heterocycles. The Kier molecular flexibility index (Phi) is 6.03. The van der Waals surface area contributed by atoms with Crippen molar-refractivity contribution < 1.29 is 4.74 Å². The van der Waals surface area contributed by atoms with E-state index in [1.54, 1.807) is 7.11 Å². The molecule has 0 bridgehead atoms. The van der Waals surface area contributed by atoms with Crippen LogP contribution < -0.4 is 10.1 Å². The minimum Gasteiger partial charge on any atom is -0.496 e. The maximum Gasteiger partial charge on any atom is 0.122 e. The Balaban J connectivity index is 2.52. The van der Waals surface area contributed by atoms with Crippen LogP contribution in [0.1, 0.15) is 26.3 Å². The molecule has 1 aromatic carbocycles. The second-order valence-electron chi connectivity index (χ2n) is 5.26. The zero-order valence-electron chi connectivity index (χ0n) is 12.1. The van der Waals surface area contributed by atoms with Gasteiger partial charge in [0.1, 0.15) is 5.75 Å². The van der Waals surface area contributed by atoms with Crippen molar-refractivity contribution in [2.45, 2.75) is 38.0 Å². The zero-order chi connectivity index (χ0) is 13.6. The number of methoxy groups -OCH3 is 1. The minimum atomic E-state index is 0.287. The van der Waals surface area contributed by atoms with Gasteiger partial charge in [0.15, 0.2) is 0 Å². The lowest BCUT2D eigenvalue weighted by Gasteiger charge is -2.25. The van der Waals surface area contributed by atoms with Crippen LogP contribution in [-0.4, -0.2) is 30.7 Å². The third kappa shape index (κ3) is 4.91. The van der Waals surface area contributed by atoms with E-state index in [9.17, 15) is 0 Å². The van der Waals surface area contributed by atoms with E-state index in [2.05, 4.69) is 44.5 Å². The van der Waals surface area contributed by atoms with Crippen LogP contribution in [0.15, 0.2) is 24.3 Å². The monoisotopic (exact) mass is 267 g/mol. The maximum absolute atomic E-state index is 5.38. The van der Waals surface area contributed by atoms with Gasteiger partial charge in [-0.3, -0.25) is 0 Å². The molecule has 1 rings (SSSR count). The summed E-state index contributed by atoms with van der Waals surface area (Å²) in [5.41, 5.74) is 1.27. The predicted molar refractivity (Wildman–Crippen MR) is 81.8 cm³/mol. The topological polar surface area (TPSA) is 21.3 Å². The van der Waals surface area contributed by atoms with Crippen LogP contribution in [0.2, 0.25) is 0 Å². The van der Waals surface area contributed by atoms with Gasteiger partial charge < -0.3 is 10.1 Å². The Bertz CT molecular complexity index is 365. The number of thioether (sulfide) groups is 1. The molecule has 0 saturated heterocycles. The summed E-state index contributed by atoms with van der Waals surface area (Å²) >= 11 is 1.90. The van der Waals surface area contributed by atoms with Crippen LogP contribution in [-0.2, 0) is 6.42 Å². The molecule has 1 aromatic rings. The lowest BCUT2D eigenvalue weighted by atomic mass is 10.1. The Morgan fingerprint density at radius 3 is 2.61 bits per heavy atom. The predicted octanol–water partition coefficient (Wildman–Crippen LogP) is 3.36. The van der Waals surface area contributed by atoms with E-state index >= 15 is 0 Å². The van der Waals surface area contributed by atoms with Crippen LogP contribution in [0, 0.1) is 0 Å². The molecule has 0 fully saturated rings. The molecule has 1 unspecified atom stereocenters. The van der Waals surface area contributed by atoms with Gasteiger partial charge >= 0.3 is 0 Å². The molecule has 1 N–H and O–H groups in total. The van der Waals surface area contributed by atoms with E-state index in [1.165, 1.54) is 5.56 Å². The summed E-state index contributed by atoms with van der Waals surface area (Å²) in [6.07, 6.45) is 3.15. The molecule has 0 aliphatic rings. The normalized spacial score (nSPS) is 13.4. The second kappa shape index (κ2) is 7.05. The molecular weight excluding hydrogens is 242 g/mol. The summed E-state index contributed by atoms with van der Waals surface area (Å²) in [6.45, 7) is 7.77. The highest BCUT2D eigenvalue weighted by Crippen LogP contribution is 2.21. The van der Waals surface area contributed by atoms with Gasteiger partial charge in [-0.25, -0.2) is 0 Å². The van der Waals surface area contributed by atoms with Gasteiger partial charge in [-0.05, 0) is 45.1 Å². The molecule has 0 saturated carbocycles. The molecule has 0 radical (unpaired) electrons. The highest BCUT2D eigenvalue weighted by Gasteiger charge is 2.17. The van der Waals surface area contributed by atoms with Gasteiger partial charge in [0.25, 0.3) is 0 Å². The van der Waals surface area contributed by atoms with Crippen molar-refractivity contribution in [1.29, 1.82) is 0 Å². The first-order valence-corrected chi connectivity index (χ1v) is 7.61. The van der Waals surface area contributed by atoms with Crippen molar-refractivity contribution in [1.82, 2.24) is 5.32 Å². The van der Waals surface area contributed by atoms with E-state index in [0.29, 0.717) is 6.04 Å². The Labute approximate surface area is 116 Å². The van der Waals surface area contributed by atoms with Gasteiger partial charge in [0.2, 0.25) is 0 Å². The molecular formula is C15H25NOS. The van der Waals surface area contributed by atoms with Gasteiger partial charge in [-0.2, -0.15) is 11.8 Å². The zero-order valence-corrected chi connectivity index (χ0v) is 12.9. The molecule has 18 heavy (non-hydrogen) atoms. The quantitative estimate of drug-likeness (QED) is 0.818. The average Bonchev–Trinajstić information content (AvgIpc) is 2.37. The van der Waals surface area contributed by atoms with E-state index in [0.717, 1.165) is 18.7 Å². The van der Waals surface area contributed by atoms with Gasteiger partial charge in [0, 0.05) is 17.3 Å². The smallest absolute Gasteiger partial charge is 0.122 e. The Hall–Kier alpha value is -0.670. The number of para-hydroxylation sites is 1. The molecule has 0 spiro atoms. The second-order valence-corrected chi connectivity index (χ2v) is 6.78. The molecule has 0 aliphatic heterocycles. The maximum atomic E-state index is 5.38. The fraction of sp³-hybridized carbons (Fsp3) is 0.600. The lowest BCUT2D eigenvalue weighted by molar-refractivity contribution is 0.405.